The van der Waals surface area contributed by atoms with Gasteiger partial charge in [0, 0.05) is 25.6 Å². The van der Waals surface area contributed by atoms with Crippen molar-refractivity contribution < 1.29 is 13.9 Å². The first kappa shape index (κ1) is 16.2. The first-order valence-electron chi connectivity index (χ1n) is 8.59. The fraction of sp³-hybridized carbons (Fsp3) is 0.611. The van der Waals surface area contributed by atoms with E-state index < -0.39 is 0 Å². The van der Waals surface area contributed by atoms with Crippen LogP contribution in [0.4, 0.5) is 9.18 Å². The van der Waals surface area contributed by atoms with Crippen LogP contribution in [0.2, 0.25) is 0 Å². The first-order valence-corrected chi connectivity index (χ1v) is 8.59. The molecular formula is C18H25FN2O2. The van der Waals surface area contributed by atoms with Crippen LogP contribution in [0.1, 0.15) is 43.4 Å². The van der Waals surface area contributed by atoms with Crippen molar-refractivity contribution in [3.05, 3.63) is 35.1 Å². The highest BCUT2D eigenvalue weighted by atomic mass is 19.1. The van der Waals surface area contributed by atoms with E-state index in [9.17, 15) is 9.18 Å². The number of carbonyl (C=O) groups is 1. The Kier molecular flexibility index (Phi) is 5.16. The van der Waals surface area contributed by atoms with Crippen LogP contribution in [0.15, 0.2) is 18.2 Å². The van der Waals surface area contributed by atoms with Crippen LogP contribution in [0.5, 0.6) is 0 Å². The van der Waals surface area contributed by atoms with Gasteiger partial charge in [0.25, 0.3) is 0 Å². The van der Waals surface area contributed by atoms with E-state index in [0.29, 0.717) is 5.92 Å². The lowest BCUT2D eigenvalue weighted by molar-refractivity contribution is 0.113. The monoisotopic (exact) mass is 320 g/mol. The quantitative estimate of drug-likeness (QED) is 0.925. The predicted molar refractivity (Wildman–Crippen MR) is 86.8 cm³/mol. The smallest absolute Gasteiger partial charge is 0.317 e. The van der Waals surface area contributed by atoms with Gasteiger partial charge in [-0.15, -0.1) is 0 Å². The third kappa shape index (κ3) is 3.83. The number of ether oxygens (including phenoxy) is 1. The molecule has 1 aromatic rings. The normalized spacial score (nSPS) is 23.7. The number of urea groups is 1. The summed E-state index contributed by atoms with van der Waals surface area (Å²) in [4.78, 5) is 14.4. The average Bonchev–Trinajstić information content (AvgIpc) is 3.02. The van der Waals surface area contributed by atoms with Crippen molar-refractivity contribution in [1.29, 1.82) is 0 Å². The second-order valence-corrected chi connectivity index (χ2v) is 6.50. The zero-order valence-corrected chi connectivity index (χ0v) is 13.7. The van der Waals surface area contributed by atoms with E-state index >= 15 is 0 Å². The van der Waals surface area contributed by atoms with Crippen LogP contribution in [0.3, 0.4) is 0 Å². The molecule has 2 amide bonds. The van der Waals surface area contributed by atoms with Crippen molar-refractivity contribution in [1.82, 2.24) is 10.2 Å². The highest BCUT2D eigenvalue weighted by molar-refractivity contribution is 5.75. The second-order valence-electron chi connectivity index (χ2n) is 6.50. The van der Waals surface area contributed by atoms with E-state index in [1.807, 2.05) is 17.9 Å². The van der Waals surface area contributed by atoms with Crippen LogP contribution in [-0.4, -0.2) is 37.2 Å². The highest BCUT2D eigenvalue weighted by Gasteiger charge is 2.29. The number of benzene rings is 1. The van der Waals surface area contributed by atoms with Crippen molar-refractivity contribution in [3.8, 4) is 0 Å². The zero-order valence-electron chi connectivity index (χ0n) is 13.7. The van der Waals surface area contributed by atoms with E-state index in [-0.39, 0.29) is 17.9 Å². The van der Waals surface area contributed by atoms with Crippen molar-refractivity contribution in [2.24, 2.45) is 5.92 Å². The van der Waals surface area contributed by atoms with Gasteiger partial charge in [-0.1, -0.05) is 6.07 Å². The van der Waals surface area contributed by atoms with Gasteiger partial charge in [0.1, 0.15) is 5.82 Å². The molecule has 23 heavy (non-hydrogen) atoms. The Labute approximate surface area is 137 Å². The molecular weight excluding hydrogens is 295 g/mol. The molecule has 4 nitrogen and oxygen atoms in total. The molecule has 0 spiro atoms. The molecule has 0 aromatic heterocycles. The Hall–Kier alpha value is -1.62. The van der Waals surface area contributed by atoms with Crippen LogP contribution in [0.25, 0.3) is 0 Å². The standard InChI is InChI=1S/C18H25FN2O2/c1-2-23-12-13-8-9-21(11-13)18(22)20-17-5-3-4-14-10-15(19)6-7-16(14)17/h6-7,10,13,17H,2-5,8-9,11-12H2,1H3,(H,20,22)/t13-,17-/m1/s1. The molecule has 1 saturated heterocycles. The van der Waals surface area contributed by atoms with E-state index in [2.05, 4.69) is 5.32 Å². The minimum atomic E-state index is -0.200. The lowest BCUT2D eigenvalue weighted by Gasteiger charge is -2.28. The molecule has 1 aliphatic heterocycles. The summed E-state index contributed by atoms with van der Waals surface area (Å²) >= 11 is 0. The molecule has 2 atom stereocenters. The number of aryl methyl sites for hydroxylation is 1. The Morgan fingerprint density at radius 2 is 2.30 bits per heavy atom. The second kappa shape index (κ2) is 7.30. The maximum Gasteiger partial charge on any atom is 0.317 e. The van der Waals surface area contributed by atoms with Crippen LogP contribution < -0.4 is 5.32 Å². The van der Waals surface area contributed by atoms with Crippen molar-refractivity contribution in [2.75, 3.05) is 26.3 Å². The Morgan fingerprint density at radius 3 is 3.13 bits per heavy atom. The molecule has 5 heteroatoms. The van der Waals surface area contributed by atoms with Crippen molar-refractivity contribution in [2.45, 2.75) is 38.6 Å². The lowest BCUT2D eigenvalue weighted by atomic mass is 9.87. The highest BCUT2D eigenvalue weighted by Crippen LogP contribution is 2.30. The number of hydrogen-bond acceptors (Lipinski definition) is 2. The number of fused-ring (bicyclic) bond motifs is 1. The van der Waals surface area contributed by atoms with E-state index in [1.165, 1.54) is 6.07 Å². The van der Waals surface area contributed by atoms with Gasteiger partial charge in [-0.25, -0.2) is 9.18 Å². The van der Waals surface area contributed by atoms with Crippen LogP contribution >= 0.6 is 0 Å². The molecule has 1 N–H and O–H groups in total. The lowest BCUT2D eigenvalue weighted by Crippen LogP contribution is -2.41. The molecule has 2 aliphatic rings. The molecule has 0 unspecified atom stereocenters. The topological polar surface area (TPSA) is 41.6 Å². The summed E-state index contributed by atoms with van der Waals surface area (Å²) in [5.74, 6) is 0.238. The summed E-state index contributed by atoms with van der Waals surface area (Å²) < 4.78 is 18.8. The van der Waals surface area contributed by atoms with Gasteiger partial charge in [0.05, 0.1) is 12.6 Å². The molecule has 1 aliphatic carbocycles. The summed E-state index contributed by atoms with van der Waals surface area (Å²) in [5, 5.41) is 3.14. The molecule has 1 aromatic carbocycles. The number of carbonyl (C=O) groups excluding carboxylic acids is 1. The minimum Gasteiger partial charge on any atom is -0.381 e. The summed E-state index contributed by atoms with van der Waals surface area (Å²) in [6.45, 7) is 4.98. The van der Waals surface area contributed by atoms with Crippen LogP contribution in [0, 0.1) is 11.7 Å². The number of amides is 2. The third-order valence-corrected chi connectivity index (χ3v) is 4.85. The van der Waals surface area contributed by atoms with Crippen LogP contribution in [-0.2, 0) is 11.2 Å². The Morgan fingerprint density at radius 1 is 1.43 bits per heavy atom. The fourth-order valence-corrected chi connectivity index (χ4v) is 3.61. The Balaban J connectivity index is 1.59. The third-order valence-electron chi connectivity index (χ3n) is 4.85. The van der Waals surface area contributed by atoms with Gasteiger partial charge in [-0.05, 0) is 55.9 Å². The molecule has 126 valence electrons. The number of nitrogens with one attached hydrogen (secondary N) is 1. The number of rotatable bonds is 4. The van der Waals surface area contributed by atoms with E-state index in [1.54, 1.807) is 6.07 Å². The van der Waals surface area contributed by atoms with Crippen molar-refractivity contribution in [3.63, 3.8) is 0 Å². The number of halogens is 1. The van der Waals surface area contributed by atoms with Gasteiger partial charge < -0.3 is 15.0 Å². The summed E-state index contributed by atoms with van der Waals surface area (Å²) in [6.07, 6.45) is 3.79. The molecule has 3 rings (SSSR count). The minimum absolute atomic E-state index is 0.00204. The SMILES string of the molecule is CCOC[C@@H]1CCN(C(=O)N[C@@H]2CCCc3cc(F)ccc32)C1. The molecule has 0 bridgehead atoms. The predicted octanol–water partition coefficient (Wildman–Crippen LogP) is 3.27. The molecule has 0 radical (unpaired) electrons. The molecule has 1 heterocycles. The van der Waals surface area contributed by atoms with Gasteiger partial charge in [0.15, 0.2) is 0 Å². The van der Waals surface area contributed by atoms with Gasteiger partial charge in [-0.3, -0.25) is 0 Å². The van der Waals surface area contributed by atoms with Gasteiger partial charge in [-0.2, -0.15) is 0 Å². The summed E-state index contributed by atoms with van der Waals surface area (Å²) in [6, 6.07) is 4.89. The maximum absolute atomic E-state index is 13.4. The average molecular weight is 320 g/mol. The van der Waals surface area contributed by atoms with E-state index in [4.69, 9.17) is 4.74 Å². The number of nitrogens with zero attached hydrogens (tertiary/aromatic N) is 1. The largest absolute Gasteiger partial charge is 0.381 e. The fourth-order valence-electron chi connectivity index (χ4n) is 3.61. The summed E-state index contributed by atoms with van der Waals surface area (Å²) in [7, 11) is 0. The molecule has 0 saturated carbocycles. The molecule has 1 fully saturated rings. The summed E-state index contributed by atoms with van der Waals surface area (Å²) in [5.41, 5.74) is 2.09. The zero-order chi connectivity index (χ0) is 16.2. The van der Waals surface area contributed by atoms with Gasteiger partial charge >= 0.3 is 6.03 Å². The number of likely N-dealkylation sites (tertiary alicyclic amines) is 1. The Bertz CT molecular complexity index is 564. The van der Waals surface area contributed by atoms with Gasteiger partial charge in [0.2, 0.25) is 0 Å². The maximum atomic E-state index is 13.4. The van der Waals surface area contributed by atoms with Crippen molar-refractivity contribution >= 4 is 6.03 Å². The number of hydrogen-bond donors (Lipinski definition) is 1. The van der Waals surface area contributed by atoms with E-state index in [0.717, 1.165) is 63.1 Å². The first-order chi connectivity index (χ1) is 11.2.